The normalized spacial score (nSPS) is 18.3. The van der Waals surface area contributed by atoms with Crippen molar-refractivity contribution in [3.8, 4) is 5.75 Å². The molecule has 1 fully saturated rings. The van der Waals surface area contributed by atoms with Crippen LogP contribution in [0.15, 0.2) is 77.9 Å². The average Bonchev–Trinajstić information content (AvgIpc) is 3.36. The van der Waals surface area contributed by atoms with Crippen molar-refractivity contribution in [2.45, 2.75) is 12.5 Å². The molecule has 36 heavy (non-hydrogen) atoms. The first-order chi connectivity index (χ1) is 17.5. The highest BCUT2D eigenvalue weighted by Gasteiger charge is 2.34. The number of hydrogen-bond donors (Lipinski definition) is 0. The Kier molecular flexibility index (Phi) is 7.20. The Labute approximate surface area is 215 Å². The Hall–Kier alpha value is -3.42. The Bertz CT molecular complexity index is 1260. The number of para-hydroxylation sites is 1. The summed E-state index contributed by atoms with van der Waals surface area (Å²) in [5, 5.41) is 7.04. The van der Waals surface area contributed by atoms with Gasteiger partial charge in [-0.15, -0.1) is 0 Å². The van der Waals surface area contributed by atoms with Gasteiger partial charge in [0.25, 0.3) is 5.91 Å². The number of halogens is 2. The van der Waals surface area contributed by atoms with E-state index in [0.717, 1.165) is 22.6 Å². The number of hydrogen-bond acceptors (Lipinski definition) is 5. The van der Waals surface area contributed by atoms with Crippen LogP contribution in [0.3, 0.4) is 0 Å². The summed E-state index contributed by atoms with van der Waals surface area (Å²) in [6, 6.07) is 21.9. The van der Waals surface area contributed by atoms with Crippen LogP contribution in [0.1, 0.15) is 23.6 Å². The van der Waals surface area contributed by atoms with E-state index in [1.54, 1.807) is 24.3 Å². The molecule has 1 saturated heterocycles. The molecule has 8 heteroatoms. The summed E-state index contributed by atoms with van der Waals surface area (Å²) in [6.07, 6.45) is 0.599. The zero-order valence-electron chi connectivity index (χ0n) is 20.1. The van der Waals surface area contributed by atoms with Gasteiger partial charge in [0, 0.05) is 43.2 Å². The number of nitrogens with zero attached hydrogens (tertiary/aromatic N) is 4. The summed E-state index contributed by atoms with van der Waals surface area (Å²) in [5.41, 5.74) is 3.37. The van der Waals surface area contributed by atoms with E-state index in [9.17, 15) is 9.18 Å². The molecule has 0 aliphatic carbocycles. The lowest BCUT2D eigenvalue weighted by atomic mass is 9.98. The van der Waals surface area contributed by atoms with Crippen molar-refractivity contribution < 1.29 is 13.9 Å². The molecule has 0 aromatic heterocycles. The smallest absolute Gasteiger partial charge is 0.257 e. The van der Waals surface area contributed by atoms with Gasteiger partial charge in [-0.05, 0) is 42.0 Å². The van der Waals surface area contributed by atoms with Crippen molar-refractivity contribution in [1.29, 1.82) is 0 Å². The summed E-state index contributed by atoms with van der Waals surface area (Å²) < 4.78 is 19.6. The van der Waals surface area contributed by atoms with Crippen LogP contribution in [0.5, 0.6) is 5.75 Å². The van der Waals surface area contributed by atoms with Crippen molar-refractivity contribution in [3.63, 3.8) is 0 Å². The minimum atomic E-state index is -0.218. The summed E-state index contributed by atoms with van der Waals surface area (Å²) >= 11 is 6.11. The van der Waals surface area contributed by atoms with Crippen LogP contribution in [0, 0.1) is 5.82 Å². The van der Waals surface area contributed by atoms with Crippen molar-refractivity contribution in [3.05, 3.63) is 94.8 Å². The molecule has 0 radical (unpaired) electrons. The predicted molar refractivity (Wildman–Crippen MR) is 140 cm³/mol. The molecule has 1 atom stereocenters. The third-order valence-electron chi connectivity index (χ3n) is 6.75. The number of ether oxygens (including phenoxy) is 1. The largest absolute Gasteiger partial charge is 0.497 e. The predicted octanol–water partition coefficient (Wildman–Crippen LogP) is 4.99. The van der Waals surface area contributed by atoms with Gasteiger partial charge in [-0.1, -0.05) is 48.0 Å². The number of rotatable bonds is 6. The van der Waals surface area contributed by atoms with Crippen LogP contribution >= 0.6 is 11.6 Å². The summed E-state index contributed by atoms with van der Waals surface area (Å²) in [7, 11) is 1.63. The fourth-order valence-electron chi connectivity index (χ4n) is 4.78. The Morgan fingerprint density at radius 3 is 2.50 bits per heavy atom. The van der Waals surface area contributed by atoms with Crippen molar-refractivity contribution in [2.75, 3.05) is 44.7 Å². The molecule has 1 unspecified atom stereocenters. The topological polar surface area (TPSA) is 48.4 Å². The first kappa shape index (κ1) is 24.3. The average molecular weight is 507 g/mol. The Balaban J connectivity index is 1.32. The summed E-state index contributed by atoms with van der Waals surface area (Å²) in [6.45, 7) is 2.92. The number of carbonyl (C=O) groups is 1. The maximum absolute atomic E-state index is 14.2. The number of methoxy groups -OCH3 is 1. The van der Waals surface area contributed by atoms with Gasteiger partial charge in [0.15, 0.2) is 0 Å². The van der Waals surface area contributed by atoms with Gasteiger partial charge in [0.05, 0.1) is 31.1 Å². The van der Waals surface area contributed by atoms with Gasteiger partial charge in [0.2, 0.25) is 0 Å². The van der Waals surface area contributed by atoms with Crippen LogP contribution in [0.2, 0.25) is 5.02 Å². The molecule has 3 aromatic carbocycles. The lowest BCUT2D eigenvalue weighted by Crippen LogP contribution is -2.49. The van der Waals surface area contributed by atoms with E-state index in [1.807, 2.05) is 59.5 Å². The zero-order valence-corrected chi connectivity index (χ0v) is 20.9. The molecule has 6 nitrogen and oxygen atoms in total. The van der Waals surface area contributed by atoms with Gasteiger partial charge in [-0.2, -0.15) is 5.10 Å². The van der Waals surface area contributed by atoms with Crippen LogP contribution < -0.4 is 9.64 Å². The molecule has 0 bridgehead atoms. The summed E-state index contributed by atoms with van der Waals surface area (Å²) in [4.78, 5) is 17.7. The molecule has 3 aromatic rings. The second-order valence-corrected chi connectivity index (χ2v) is 9.44. The number of amides is 1. The number of hydrazone groups is 1. The van der Waals surface area contributed by atoms with Gasteiger partial charge < -0.3 is 9.64 Å². The highest BCUT2D eigenvalue weighted by molar-refractivity contribution is 6.30. The second-order valence-electron chi connectivity index (χ2n) is 9.00. The maximum Gasteiger partial charge on any atom is 0.257 e. The molecule has 186 valence electrons. The molecule has 2 heterocycles. The molecule has 0 N–H and O–H groups in total. The number of piperazine rings is 1. The van der Waals surface area contributed by atoms with E-state index in [1.165, 1.54) is 6.07 Å². The monoisotopic (exact) mass is 506 g/mol. The van der Waals surface area contributed by atoms with E-state index in [0.29, 0.717) is 43.3 Å². The SMILES string of the molecule is COc1cccc(C2=NN(C(=O)CN3CCN(c4ccccc4F)CC3)C(c3ccc(Cl)cc3)C2)c1. The summed E-state index contributed by atoms with van der Waals surface area (Å²) in [5.74, 6) is 0.465. The molecular weight excluding hydrogens is 479 g/mol. The standard InChI is InChI=1S/C28H28ClFN4O2/c1-36-23-6-4-5-21(17-23)25-18-27(20-9-11-22(29)12-10-20)34(31-25)28(35)19-32-13-15-33(16-14-32)26-8-3-2-7-24(26)30/h2-12,17,27H,13-16,18-19H2,1H3. The zero-order chi connectivity index (χ0) is 25.1. The van der Waals surface area contributed by atoms with Crippen molar-refractivity contribution in [2.24, 2.45) is 5.10 Å². The van der Waals surface area contributed by atoms with Crippen LogP contribution in [0.25, 0.3) is 0 Å². The van der Waals surface area contributed by atoms with Gasteiger partial charge in [0.1, 0.15) is 11.6 Å². The second kappa shape index (κ2) is 10.7. The molecular formula is C28H28ClFN4O2. The van der Waals surface area contributed by atoms with Gasteiger partial charge in [-0.25, -0.2) is 9.40 Å². The number of anilines is 1. The van der Waals surface area contributed by atoms with E-state index < -0.39 is 0 Å². The maximum atomic E-state index is 14.2. The molecule has 0 spiro atoms. The van der Waals surface area contributed by atoms with E-state index in [4.69, 9.17) is 21.4 Å². The fraction of sp³-hybridized carbons (Fsp3) is 0.286. The highest BCUT2D eigenvalue weighted by atomic mass is 35.5. The van der Waals surface area contributed by atoms with Gasteiger partial charge in [-0.3, -0.25) is 9.69 Å². The number of carbonyl (C=O) groups excluding carboxylic acids is 1. The molecule has 5 rings (SSSR count). The van der Waals surface area contributed by atoms with Crippen LogP contribution in [0.4, 0.5) is 10.1 Å². The minimum absolute atomic E-state index is 0.0628. The van der Waals surface area contributed by atoms with Crippen molar-refractivity contribution >= 4 is 28.9 Å². The molecule has 2 aliphatic heterocycles. The third-order valence-corrected chi connectivity index (χ3v) is 7.00. The first-order valence-corrected chi connectivity index (χ1v) is 12.4. The quantitative estimate of drug-likeness (QED) is 0.473. The Morgan fingerprint density at radius 2 is 1.78 bits per heavy atom. The molecule has 2 aliphatic rings. The number of benzene rings is 3. The minimum Gasteiger partial charge on any atom is -0.497 e. The van der Waals surface area contributed by atoms with Gasteiger partial charge >= 0.3 is 0 Å². The molecule has 0 saturated carbocycles. The highest BCUT2D eigenvalue weighted by Crippen LogP contribution is 2.34. The van der Waals surface area contributed by atoms with E-state index in [-0.39, 0.29) is 24.3 Å². The van der Waals surface area contributed by atoms with Crippen LogP contribution in [-0.2, 0) is 4.79 Å². The fourth-order valence-corrected chi connectivity index (χ4v) is 4.91. The lowest BCUT2D eigenvalue weighted by Gasteiger charge is -2.36. The first-order valence-electron chi connectivity index (χ1n) is 12.0. The lowest BCUT2D eigenvalue weighted by molar-refractivity contribution is -0.134. The molecule has 1 amide bonds. The third kappa shape index (κ3) is 5.22. The Morgan fingerprint density at radius 1 is 1.03 bits per heavy atom. The van der Waals surface area contributed by atoms with E-state index >= 15 is 0 Å². The van der Waals surface area contributed by atoms with Crippen LogP contribution in [-0.4, -0.2) is 61.4 Å². The van der Waals surface area contributed by atoms with Crippen molar-refractivity contribution in [1.82, 2.24) is 9.91 Å². The van der Waals surface area contributed by atoms with E-state index in [2.05, 4.69) is 4.90 Å².